The first kappa shape index (κ1) is 13.7. The molecular weight excluding hydrogens is 262 g/mol. The molecule has 0 unspecified atom stereocenters. The topological polar surface area (TPSA) is 116 Å². The molecule has 2 aromatic rings. The van der Waals surface area contributed by atoms with Gasteiger partial charge in [0.05, 0.1) is 10.5 Å². The van der Waals surface area contributed by atoms with Crippen molar-refractivity contribution in [3.05, 3.63) is 45.8 Å². The third kappa shape index (κ3) is 2.50. The van der Waals surface area contributed by atoms with Gasteiger partial charge in [-0.15, -0.1) is 0 Å². The van der Waals surface area contributed by atoms with E-state index in [1.165, 1.54) is 12.4 Å². The van der Waals surface area contributed by atoms with E-state index in [2.05, 4.69) is 15.4 Å². The SMILES string of the molecule is Cc1cccc(Oc2ncnc(NN)c2C)c1[N+](=O)[O-]. The molecule has 1 aromatic heterocycles. The summed E-state index contributed by atoms with van der Waals surface area (Å²) in [6.45, 7) is 3.34. The van der Waals surface area contributed by atoms with Gasteiger partial charge >= 0.3 is 5.69 Å². The third-order valence-corrected chi connectivity index (χ3v) is 2.76. The minimum atomic E-state index is -0.483. The van der Waals surface area contributed by atoms with Crippen LogP contribution < -0.4 is 16.0 Å². The first-order valence-corrected chi connectivity index (χ1v) is 5.74. The lowest BCUT2D eigenvalue weighted by Crippen LogP contribution is -2.11. The Bertz CT molecular complexity index is 660. The summed E-state index contributed by atoms with van der Waals surface area (Å²) in [5.74, 6) is 6.04. The molecule has 0 bridgehead atoms. The minimum Gasteiger partial charge on any atom is -0.431 e. The number of hydrogen-bond acceptors (Lipinski definition) is 7. The van der Waals surface area contributed by atoms with E-state index < -0.39 is 4.92 Å². The van der Waals surface area contributed by atoms with Gasteiger partial charge in [0.15, 0.2) is 0 Å². The molecule has 0 amide bonds. The van der Waals surface area contributed by atoms with Crippen LogP contribution in [-0.2, 0) is 0 Å². The van der Waals surface area contributed by atoms with Crippen molar-refractivity contribution in [3.63, 3.8) is 0 Å². The normalized spacial score (nSPS) is 10.2. The summed E-state index contributed by atoms with van der Waals surface area (Å²) < 4.78 is 5.54. The van der Waals surface area contributed by atoms with Gasteiger partial charge in [-0.25, -0.2) is 15.8 Å². The average Bonchev–Trinajstić information content (AvgIpc) is 2.41. The lowest BCUT2D eigenvalue weighted by atomic mass is 10.2. The van der Waals surface area contributed by atoms with Crippen molar-refractivity contribution in [1.82, 2.24) is 9.97 Å². The number of nitrogens with one attached hydrogen (secondary N) is 1. The fourth-order valence-corrected chi connectivity index (χ4v) is 1.73. The molecule has 1 heterocycles. The second-order valence-corrected chi connectivity index (χ2v) is 4.08. The molecule has 0 fully saturated rings. The van der Waals surface area contributed by atoms with Gasteiger partial charge in [0.1, 0.15) is 12.1 Å². The molecule has 0 aliphatic heterocycles. The summed E-state index contributed by atoms with van der Waals surface area (Å²) in [5.41, 5.74) is 3.39. The summed E-state index contributed by atoms with van der Waals surface area (Å²) >= 11 is 0. The van der Waals surface area contributed by atoms with Crippen molar-refractivity contribution in [2.75, 3.05) is 5.43 Å². The zero-order valence-corrected chi connectivity index (χ0v) is 11.0. The maximum absolute atomic E-state index is 11.1. The number of anilines is 1. The number of ether oxygens (including phenoxy) is 1. The molecule has 0 aliphatic carbocycles. The number of benzene rings is 1. The second kappa shape index (κ2) is 5.49. The highest BCUT2D eigenvalue weighted by Crippen LogP contribution is 2.34. The quantitative estimate of drug-likeness (QED) is 0.498. The number of aryl methyl sites for hydroxylation is 1. The van der Waals surface area contributed by atoms with Crippen LogP contribution in [0.2, 0.25) is 0 Å². The van der Waals surface area contributed by atoms with E-state index in [1.54, 1.807) is 26.0 Å². The van der Waals surface area contributed by atoms with Crippen LogP contribution in [0, 0.1) is 24.0 Å². The largest absolute Gasteiger partial charge is 0.431 e. The zero-order valence-electron chi connectivity index (χ0n) is 11.0. The number of nitro groups is 1. The van der Waals surface area contributed by atoms with E-state index in [9.17, 15) is 10.1 Å². The van der Waals surface area contributed by atoms with Crippen LogP contribution in [0.25, 0.3) is 0 Å². The van der Waals surface area contributed by atoms with Crippen LogP contribution in [-0.4, -0.2) is 14.9 Å². The fraction of sp³-hybridized carbons (Fsp3) is 0.167. The Hall–Kier alpha value is -2.74. The van der Waals surface area contributed by atoms with Crippen LogP contribution in [0.5, 0.6) is 11.6 Å². The number of rotatable bonds is 4. The van der Waals surface area contributed by atoms with Gasteiger partial charge in [-0.2, -0.15) is 0 Å². The molecule has 1 aromatic carbocycles. The molecule has 0 atom stereocenters. The highest BCUT2D eigenvalue weighted by Gasteiger charge is 2.20. The van der Waals surface area contributed by atoms with E-state index in [4.69, 9.17) is 10.6 Å². The number of nitrogens with two attached hydrogens (primary N) is 1. The molecule has 0 aliphatic rings. The van der Waals surface area contributed by atoms with E-state index in [0.717, 1.165) is 0 Å². The number of hydrazine groups is 1. The first-order valence-electron chi connectivity index (χ1n) is 5.74. The van der Waals surface area contributed by atoms with Gasteiger partial charge < -0.3 is 10.2 Å². The van der Waals surface area contributed by atoms with E-state index in [0.29, 0.717) is 16.9 Å². The molecule has 104 valence electrons. The number of hydrogen-bond donors (Lipinski definition) is 2. The smallest absolute Gasteiger partial charge is 0.314 e. The third-order valence-electron chi connectivity index (χ3n) is 2.76. The second-order valence-electron chi connectivity index (χ2n) is 4.08. The first-order chi connectivity index (χ1) is 9.54. The molecule has 3 N–H and O–H groups in total. The minimum absolute atomic E-state index is 0.0900. The molecule has 0 spiro atoms. The zero-order chi connectivity index (χ0) is 14.7. The van der Waals surface area contributed by atoms with Crippen molar-refractivity contribution < 1.29 is 9.66 Å². The van der Waals surface area contributed by atoms with Crippen LogP contribution in [0.3, 0.4) is 0 Å². The molecule has 20 heavy (non-hydrogen) atoms. The Labute approximate surface area is 114 Å². The summed E-state index contributed by atoms with van der Waals surface area (Å²) in [6.07, 6.45) is 1.26. The predicted octanol–water partition coefficient (Wildman–Crippen LogP) is 2.08. The van der Waals surface area contributed by atoms with E-state index in [-0.39, 0.29) is 17.3 Å². The van der Waals surface area contributed by atoms with Crippen LogP contribution >= 0.6 is 0 Å². The number of aromatic nitrogens is 2. The van der Waals surface area contributed by atoms with Crippen LogP contribution in [0.4, 0.5) is 11.5 Å². The number of nitrogen functional groups attached to an aromatic ring is 1. The van der Waals surface area contributed by atoms with Crippen LogP contribution in [0.15, 0.2) is 24.5 Å². The summed E-state index contributed by atoms with van der Waals surface area (Å²) in [6, 6.07) is 4.84. The number of nitrogens with zero attached hydrogens (tertiary/aromatic N) is 3. The van der Waals surface area contributed by atoms with Crippen LogP contribution in [0.1, 0.15) is 11.1 Å². The van der Waals surface area contributed by atoms with Crippen molar-refractivity contribution in [1.29, 1.82) is 0 Å². The van der Waals surface area contributed by atoms with Gasteiger partial charge in [-0.05, 0) is 19.9 Å². The molecule has 0 radical (unpaired) electrons. The Morgan fingerprint density at radius 1 is 1.35 bits per heavy atom. The molecular formula is C12H13N5O3. The molecule has 8 heteroatoms. The van der Waals surface area contributed by atoms with Crippen molar-refractivity contribution in [2.24, 2.45) is 5.84 Å². The van der Waals surface area contributed by atoms with Gasteiger partial charge in [0, 0.05) is 5.56 Å². The Balaban J connectivity index is 2.46. The standard InChI is InChI=1S/C12H13N5O3/c1-7-4-3-5-9(10(7)17(18)19)20-12-8(2)11(16-13)14-6-15-12/h3-6H,13H2,1-2H3,(H,14,15,16). The maximum Gasteiger partial charge on any atom is 0.314 e. The average molecular weight is 275 g/mol. The Morgan fingerprint density at radius 2 is 2.10 bits per heavy atom. The molecule has 2 rings (SSSR count). The predicted molar refractivity (Wildman–Crippen MR) is 72.5 cm³/mol. The number of para-hydroxylation sites is 1. The lowest BCUT2D eigenvalue weighted by Gasteiger charge is -2.10. The summed E-state index contributed by atoms with van der Waals surface area (Å²) in [7, 11) is 0. The monoisotopic (exact) mass is 275 g/mol. The van der Waals surface area contributed by atoms with Gasteiger partial charge in [-0.1, -0.05) is 12.1 Å². The number of nitro benzene ring substituents is 1. The summed E-state index contributed by atoms with van der Waals surface area (Å²) in [4.78, 5) is 18.5. The highest BCUT2D eigenvalue weighted by atomic mass is 16.6. The van der Waals surface area contributed by atoms with E-state index >= 15 is 0 Å². The van der Waals surface area contributed by atoms with Crippen molar-refractivity contribution in [3.8, 4) is 11.6 Å². The van der Waals surface area contributed by atoms with E-state index in [1.807, 2.05) is 0 Å². The molecule has 0 saturated heterocycles. The van der Waals surface area contributed by atoms with Gasteiger partial charge in [-0.3, -0.25) is 10.1 Å². The Morgan fingerprint density at radius 3 is 2.75 bits per heavy atom. The van der Waals surface area contributed by atoms with Gasteiger partial charge in [0.2, 0.25) is 11.6 Å². The lowest BCUT2D eigenvalue weighted by molar-refractivity contribution is -0.386. The highest BCUT2D eigenvalue weighted by molar-refractivity contribution is 5.55. The molecule has 0 saturated carbocycles. The molecule has 8 nitrogen and oxygen atoms in total. The Kier molecular flexibility index (Phi) is 3.76. The summed E-state index contributed by atoms with van der Waals surface area (Å²) in [5, 5.41) is 11.1. The fourth-order valence-electron chi connectivity index (χ4n) is 1.73. The maximum atomic E-state index is 11.1. The van der Waals surface area contributed by atoms with Crippen molar-refractivity contribution in [2.45, 2.75) is 13.8 Å². The van der Waals surface area contributed by atoms with Gasteiger partial charge in [0.25, 0.3) is 0 Å². The van der Waals surface area contributed by atoms with Crippen molar-refractivity contribution >= 4 is 11.5 Å².